The maximum atomic E-state index is 12.2. The Morgan fingerprint density at radius 1 is 1.08 bits per heavy atom. The van der Waals surface area contributed by atoms with Crippen molar-refractivity contribution < 1.29 is 9.53 Å². The van der Waals surface area contributed by atoms with E-state index in [4.69, 9.17) is 4.74 Å². The molecule has 1 N–H and O–H groups in total. The lowest BCUT2D eigenvalue weighted by molar-refractivity contribution is -0.118. The highest BCUT2D eigenvalue weighted by atomic mass is 32.2. The summed E-state index contributed by atoms with van der Waals surface area (Å²) in [6, 6.07) is 16.1. The zero-order chi connectivity index (χ0) is 18.4. The molecule has 2 aromatic rings. The van der Waals surface area contributed by atoms with Crippen molar-refractivity contribution in [1.82, 2.24) is 5.32 Å². The number of carbonyl (C=O) groups is 1. The van der Waals surface area contributed by atoms with E-state index in [9.17, 15) is 4.79 Å². The highest BCUT2D eigenvalue weighted by Gasteiger charge is 2.30. The molecule has 0 saturated carbocycles. The van der Waals surface area contributed by atoms with Crippen molar-refractivity contribution in [1.29, 1.82) is 0 Å². The van der Waals surface area contributed by atoms with Gasteiger partial charge in [-0.15, -0.1) is 0 Å². The van der Waals surface area contributed by atoms with E-state index in [2.05, 4.69) is 29.4 Å². The van der Waals surface area contributed by atoms with Crippen LogP contribution >= 0.6 is 11.8 Å². The van der Waals surface area contributed by atoms with Crippen LogP contribution in [0.15, 0.2) is 53.5 Å². The van der Waals surface area contributed by atoms with Crippen LogP contribution in [0.1, 0.15) is 30.9 Å². The minimum atomic E-state index is -0.147. The quantitative estimate of drug-likeness (QED) is 0.783. The normalized spacial score (nSPS) is 18.2. The van der Waals surface area contributed by atoms with Crippen LogP contribution in [0, 0.1) is 0 Å². The number of unbranched alkanes of at least 4 members (excludes halogenated alkanes) is 1. The maximum Gasteiger partial charge on any atom is 0.239 e. The second-order valence-electron chi connectivity index (χ2n) is 6.33. The van der Waals surface area contributed by atoms with Gasteiger partial charge in [0.2, 0.25) is 5.91 Å². The van der Waals surface area contributed by atoms with E-state index in [1.54, 1.807) is 7.11 Å². The van der Waals surface area contributed by atoms with Crippen LogP contribution in [0.4, 0.5) is 5.69 Å². The molecule has 0 unspecified atom stereocenters. The Morgan fingerprint density at radius 2 is 1.77 bits per heavy atom. The van der Waals surface area contributed by atoms with Crippen LogP contribution in [0.5, 0.6) is 5.75 Å². The van der Waals surface area contributed by atoms with Gasteiger partial charge in [0, 0.05) is 0 Å². The summed E-state index contributed by atoms with van der Waals surface area (Å²) in [7, 11) is 1.65. The molecule has 1 saturated heterocycles. The average Bonchev–Trinajstić information content (AvgIpc) is 3.00. The molecule has 0 aromatic heterocycles. The van der Waals surface area contributed by atoms with E-state index < -0.39 is 0 Å². The van der Waals surface area contributed by atoms with E-state index >= 15 is 0 Å². The number of thioether (sulfide) groups is 1. The standard InChI is InChI=1S/C21H24N2O2S/c1-3-4-5-15-6-10-17(11-7-15)22-21-23-20(24)19(26-21)14-16-8-12-18(25-2)13-9-16/h6-13,19H,3-5,14H2,1-2H3,(H,22,23,24)/t19-/m1/s1. The highest BCUT2D eigenvalue weighted by molar-refractivity contribution is 8.15. The molecule has 1 fully saturated rings. The summed E-state index contributed by atoms with van der Waals surface area (Å²) in [4.78, 5) is 16.8. The fourth-order valence-electron chi connectivity index (χ4n) is 2.80. The Balaban J connectivity index is 1.61. The molecular weight excluding hydrogens is 344 g/mol. The molecule has 1 atom stereocenters. The van der Waals surface area contributed by atoms with Gasteiger partial charge in [-0.2, -0.15) is 0 Å². The monoisotopic (exact) mass is 368 g/mol. The molecule has 1 amide bonds. The van der Waals surface area contributed by atoms with Gasteiger partial charge in [-0.25, -0.2) is 4.99 Å². The van der Waals surface area contributed by atoms with Crippen LogP contribution in [0.2, 0.25) is 0 Å². The molecule has 5 heteroatoms. The van der Waals surface area contributed by atoms with Crippen molar-refractivity contribution in [2.75, 3.05) is 7.11 Å². The number of amides is 1. The van der Waals surface area contributed by atoms with E-state index in [-0.39, 0.29) is 11.2 Å². The summed E-state index contributed by atoms with van der Waals surface area (Å²) in [5.74, 6) is 0.839. The van der Waals surface area contributed by atoms with Gasteiger partial charge in [0.15, 0.2) is 5.17 Å². The number of nitrogens with one attached hydrogen (secondary N) is 1. The minimum Gasteiger partial charge on any atom is -0.497 e. The van der Waals surface area contributed by atoms with Crippen molar-refractivity contribution in [2.24, 2.45) is 4.99 Å². The molecule has 1 heterocycles. The summed E-state index contributed by atoms with van der Waals surface area (Å²) < 4.78 is 5.17. The molecule has 1 aliphatic heterocycles. The largest absolute Gasteiger partial charge is 0.497 e. The topological polar surface area (TPSA) is 50.7 Å². The molecule has 26 heavy (non-hydrogen) atoms. The van der Waals surface area contributed by atoms with Crippen molar-refractivity contribution >= 4 is 28.5 Å². The summed E-state index contributed by atoms with van der Waals surface area (Å²) >= 11 is 1.49. The van der Waals surface area contributed by atoms with Gasteiger partial charge < -0.3 is 10.1 Å². The first-order valence-electron chi connectivity index (χ1n) is 8.96. The zero-order valence-electron chi connectivity index (χ0n) is 15.2. The molecule has 1 aliphatic rings. The van der Waals surface area contributed by atoms with Gasteiger partial charge in [0.25, 0.3) is 0 Å². The number of benzene rings is 2. The van der Waals surface area contributed by atoms with Crippen LogP contribution < -0.4 is 10.1 Å². The minimum absolute atomic E-state index is 0.0177. The van der Waals surface area contributed by atoms with Crippen LogP contribution in [0.3, 0.4) is 0 Å². The number of hydrogen-bond donors (Lipinski definition) is 1. The first kappa shape index (κ1) is 18.5. The van der Waals surface area contributed by atoms with E-state index in [0.717, 1.165) is 23.4 Å². The molecule has 0 spiro atoms. The molecule has 0 bridgehead atoms. The predicted octanol–water partition coefficient (Wildman–Crippen LogP) is 4.50. The lowest BCUT2D eigenvalue weighted by atomic mass is 10.1. The SMILES string of the molecule is CCCCc1ccc(N=C2NC(=O)[C@@H](Cc3ccc(OC)cc3)S2)cc1. The lowest BCUT2D eigenvalue weighted by Gasteiger charge is -2.06. The second kappa shape index (κ2) is 8.90. The highest BCUT2D eigenvalue weighted by Crippen LogP contribution is 2.26. The average molecular weight is 369 g/mol. The number of ether oxygens (including phenoxy) is 1. The second-order valence-corrected chi connectivity index (χ2v) is 7.53. The van der Waals surface area contributed by atoms with Gasteiger partial charge in [-0.05, 0) is 54.7 Å². The number of methoxy groups -OCH3 is 1. The van der Waals surface area contributed by atoms with E-state index in [0.29, 0.717) is 11.6 Å². The summed E-state index contributed by atoms with van der Waals surface area (Å²) in [5.41, 5.74) is 3.31. The molecule has 0 radical (unpaired) electrons. The Labute approximate surface area is 159 Å². The number of carbonyl (C=O) groups excluding carboxylic acids is 1. The summed E-state index contributed by atoms with van der Waals surface area (Å²) in [5, 5.41) is 3.42. The molecular formula is C21H24N2O2S. The number of aryl methyl sites for hydroxylation is 1. The van der Waals surface area contributed by atoms with E-state index in [1.165, 1.54) is 30.2 Å². The van der Waals surface area contributed by atoms with E-state index in [1.807, 2.05) is 36.4 Å². The van der Waals surface area contributed by atoms with Gasteiger partial charge in [0.05, 0.1) is 18.0 Å². The lowest BCUT2D eigenvalue weighted by Crippen LogP contribution is -2.25. The van der Waals surface area contributed by atoms with Gasteiger partial charge in [-0.1, -0.05) is 49.4 Å². The number of amidine groups is 1. The van der Waals surface area contributed by atoms with Gasteiger partial charge in [0.1, 0.15) is 5.75 Å². The van der Waals surface area contributed by atoms with Gasteiger partial charge in [-0.3, -0.25) is 4.79 Å². The molecule has 3 rings (SSSR count). The molecule has 2 aromatic carbocycles. The Bertz CT molecular complexity index is 770. The van der Waals surface area contributed by atoms with Crippen LogP contribution in [-0.2, 0) is 17.6 Å². The maximum absolute atomic E-state index is 12.2. The number of hydrogen-bond acceptors (Lipinski definition) is 4. The van der Waals surface area contributed by atoms with Gasteiger partial charge >= 0.3 is 0 Å². The summed E-state index contributed by atoms with van der Waals surface area (Å²) in [6.45, 7) is 2.20. The molecule has 4 nitrogen and oxygen atoms in total. The van der Waals surface area contributed by atoms with Crippen molar-refractivity contribution in [3.8, 4) is 5.75 Å². The smallest absolute Gasteiger partial charge is 0.239 e. The van der Waals surface area contributed by atoms with Crippen molar-refractivity contribution in [3.05, 3.63) is 59.7 Å². The summed E-state index contributed by atoms with van der Waals surface area (Å²) in [6.07, 6.45) is 4.17. The van der Waals surface area contributed by atoms with Crippen LogP contribution in [-0.4, -0.2) is 23.4 Å². The molecule has 136 valence electrons. The Hall–Kier alpha value is -2.27. The molecule has 0 aliphatic carbocycles. The number of nitrogens with zero attached hydrogens (tertiary/aromatic N) is 1. The zero-order valence-corrected chi connectivity index (χ0v) is 16.0. The first-order chi connectivity index (χ1) is 12.7. The predicted molar refractivity (Wildman–Crippen MR) is 108 cm³/mol. The third-order valence-corrected chi connectivity index (χ3v) is 5.42. The number of rotatable bonds is 7. The number of aliphatic imine (C=N–C) groups is 1. The fourth-order valence-corrected chi connectivity index (χ4v) is 3.83. The Kier molecular flexibility index (Phi) is 6.34. The third-order valence-electron chi connectivity index (χ3n) is 4.34. The van der Waals surface area contributed by atoms with Crippen molar-refractivity contribution in [2.45, 2.75) is 37.9 Å². The fraction of sp³-hybridized carbons (Fsp3) is 0.333. The third kappa shape index (κ3) is 4.88. The van der Waals surface area contributed by atoms with Crippen LogP contribution in [0.25, 0.3) is 0 Å². The Morgan fingerprint density at radius 3 is 2.42 bits per heavy atom. The van der Waals surface area contributed by atoms with Crippen molar-refractivity contribution in [3.63, 3.8) is 0 Å². The first-order valence-corrected chi connectivity index (χ1v) is 9.84.